The fourth-order valence-electron chi connectivity index (χ4n) is 2.02. The van der Waals surface area contributed by atoms with Gasteiger partial charge in [-0.2, -0.15) is 0 Å². The molecule has 22 heavy (non-hydrogen) atoms. The normalized spacial score (nSPS) is 16.6. The monoisotopic (exact) mass is 330 g/mol. The molecule has 2 aromatic rings. The molecule has 0 aliphatic carbocycles. The highest BCUT2D eigenvalue weighted by Gasteiger charge is 2.34. The zero-order chi connectivity index (χ0) is 15.5. The molecule has 1 aliphatic rings. The Kier molecular flexibility index (Phi) is 4.27. The predicted molar refractivity (Wildman–Crippen MR) is 87.2 cm³/mol. The maximum absolute atomic E-state index is 12.4. The van der Waals surface area contributed by atoms with Gasteiger partial charge in [-0.3, -0.25) is 19.5 Å². The van der Waals surface area contributed by atoms with Crippen molar-refractivity contribution in [3.8, 4) is 0 Å². The molecule has 1 aromatic heterocycles. The van der Waals surface area contributed by atoms with E-state index >= 15 is 0 Å². The van der Waals surface area contributed by atoms with E-state index < -0.39 is 0 Å². The Hall–Kier alpha value is -2.11. The summed E-state index contributed by atoms with van der Waals surface area (Å²) in [6.45, 7) is 0.242. The number of rotatable bonds is 3. The summed E-state index contributed by atoms with van der Waals surface area (Å²) in [5.74, 6) is -0.284. The number of aromatic nitrogens is 1. The van der Waals surface area contributed by atoms with Gasteiger partial charge in [0.2, 0.25) is 0 Å². The van der Waals surface area contributed by atoms with Gasteiger partial charge >= 0.3 is 0 Å². The smallest absolute Gasteiger partial charge is 0.268 e. The molecule has 0 radical (unpaired) electrons. The summed E-state index contributed by atoms with van der Waals surface area (Å²) in [5.41, 5.74) is 1.65. The summed E-state index contributed by atoms with van der Waals surface area (Å²) in [6, 6.07) is 10.7. The van der Waals surface area contributed by atoms with Crippen molar-refractivity contribution < 1.29 is 9.59 Å². The Balaban J connectivity index is 1.80. The number of imide groups is 1. The molecule has 0 unspecified atom stereocenters. The van der Waals surface area contributed by atoms with Crippen molar-refractivity contribution in [3.63, 3.8) is 0 Å². The van der Waals surface area contributed by atoms with Crippen molar-refractivity contribution in [2.75, 3.05) is 0 Å². The lowest BCUT2D eigenvalue weighted by Gasteiger charge is -2.12. The third kappa shape index (κ3) is 3.21. The summed E-state index contributed by atoms with van der Waals surface area (Å²) in [4.78, 5) is 30.0. The van der Waals surface area contributed by atoms with Gasteiger partial charge in [0.25, 0.3) is 11.1 Å². The van der Waals surface area contributed by atoms with E-state index in [1.165, 1.54) is 4.90 Å². The Morgan fingerprint density at radius 2 is 1.95 bits per heavy atom. The highest BCUT2D eigenvalue weighted by atomic mass is 35.5. The lowest BCUT2D eigenvalue weighted by atomic mass is 10.2. The summed E-state index contributed by atoms with van der Waals surface area (Å²) in [6.07, 6.45) is 4.98. The maximum Gasteiger partial charge on any atom is 0.293 e. The molecule has 2 amide bonds. The van der Waals surface area contributed by atoms with Crippen molar-refractivity contribution in [2.24, 2.45) is 0 Å². The molecule has 3 rings (SSSR count). The lowest BCUT2D eigenvalue weighted by Crippen LogP contribution is -2.27. The predicted octanol–water partition coefficient (Wildman–Crippen LogP) is 3.97. The second-order valence-corrected chi connectivity index (χ2v) is 6.11. The number of nitrogens with zero attached hydrogens (tertiary/aromatic N) is 2. The van der Waals surface area contributed by atoms with Gasteiger partial charge in [0.1, 0.15) is 0 Å². The van der Waals surface area contributed by atoms with E-state index in [-0.39, 0.29) is 17.7 Å². The Bertz CT molecular complexity index is 745. The second-order valence-electron chi connectivity index (χ2n) is 4.68. The number of benzene rings is 1. The van der Waals surface area contributed by atoms with Gasteiger partial charge in [0, 0.05) is 17.4 Å². The quantitative estimate of drug-likeness (QED) is 0.799. The van der Waals surface area contributed by atoms with Gasteiger partial charge in [-0.15, -0.1) is 0 Å². The van der Waals surface area contributed by atoms with Crippen LogP contribution in [0, 0.1) is 0 Å². The largest absolute Gasteiger partial charge is 0.293 e. The van der Waals surface area contributed by atoms with Crippen LogP contribution in [0.15, 0.2) is 53.7 Å². The number of hydrogen-bond acceptors (Lipinski definition) is 4. The van der Waals surface area contributed by atoms with Crippen LogP contribution < -0.4 is 0 Å². The fourth-order valence-corrected chi connectivity index (χ4v) is 2.99. The number of hydrogen-bond donors (Lipinski definition) is 0. The minimum Gasteiger partial charge on any atom is -0.268 e. The van der Waals surface area contributed by atoms with Crippen LogP contribution in [-0.2, 0) is 11.3 Å². The number of amides is 2. The minimum atomic E-state index is -0.284. The number of carbonyl (C=O) groups excluding carboxylic acids is 2. The van der Waals surface area contributed by atoms with E-state index in [2.05, 4.69) is 4.98 Å². The summed E-state index contributed by atoms with van der Waals surface area (Å²) in [7, 11) is 0. The first-order chi connectivity index (χ1) is 10.6. The van der Waals surface area contributed by atoms with Crippen molar-refractivity contribution in [2.45, 2.75) is 6.54 Å². The summed E-state index contributed by atoms with van der Waals surface area (Å²) in [5, 5.41) is 0.351. The van der Waals surface area contributed by atoms with E-state index in [9.17, 15) is 9.59 Å². The molecule has 1 aromatic carbocycles. The molecule has 4 nitrogen and oxygen atoms in total. The number of thioether (sulfide) groups is 1. The van der Waals surface area contributed by atoms with Gasteiger partial charge < -0.3 is 0 Å². The molecule has 1 fully saturated rings. The van der Waals surface area contributed by atoms with E-state index in [1.807, 2.05) is 6.07 Å². The molecule has 110 valence electrons. The second kappa shape index (κ2) is 6.34. The molecule has 0 bridgehead atoms. The lowest BCUT2D eigenvalue weighted by molar-refractivity contribution is -0.123. The Labute approximate surface area is 136 Å². The first kappa shape index (κ1) is 14.8. The zero-order valence-electron chi connectivity index (χ0n) is 11.4. The molecule has 6 heteroatoms. The van der Waals surface area contributed by atoms with Crippen LogP contribution in [0.5, 0.6) is 0 Å². The van der Waals surface area contributed by atoms with Crippen molar-refractivity contribution in [1.29, 1.82) is 0 Å². The molecule has 1 aliphatic heterocycles. The van der Waals surface area contributed by atoms with E-state index in [0.717, 1.165) is 22.9 Å². The first-order valence-corrected chi connectivity index (χ1v) is 7.73. The average Bonchev–Trinajstić information content (AvgIpc) is 2.78. The van der Waals surface area contributed by atoms with Crippen LogP contribution in [0.4, 0.5) is 4.79 Å². The minimum absolute atomic E-state index is 0.242. The van der Waals surface area contributed by atoms with Crippen LogP contribution in [0.25, 0.3) is 6.08 Å². The fraction of sp³-hybridized carbons (Fsp3) is 0.0625. The van der Waals surface area contributed by atoms with Crippen LogP contribution in [0.2, 0.25) is 5.02 Å². The Morgan fingerprint density at radius 3 is 2.64 bits per heavy atom. The molecule has 0 saturated carbocycles. The van der Waals surface area contributed by atoms with Crippen LogP contribution in [-0.4, -0.2) is 21.0 Å². The van der Waals surface area contributed by atoms with Crippen molar-refractivity contribution >= 4 is 40.6 Å². The maximum atomic E-state index is 12.4. The van der Waals surface area contributed by atoms with E-state index in [4.69, 9.17) is 11.6 Å². The van der Waals surface area contributed by atoms with Crippen molar-refractivity contribution in [3.05, 3.63) is 69.8 Å². The van der Waals surface area contributed by atoms with Gasteiger partial charge in [0.05, 0.1) is 11.4 Å². The summed E-state index contributed by atoms with van der Waals surface area (Å²) < 4.78 is 0. The number of carbonyl (C=O) groups is 2. The first-order valence-electron chi connectivity index (χ1n) is 6.53. The van der Waals surface area contributed by atoms with Crippen molar-refractivity contribution in [1.82, 2.24) is 9.88 Å². The highest BCUT2D eigenvalue weighted by Crippen LogP contribution is 2.33. The molecule has 1 saturated heterocycles. The molecule has 0 spiro atoms. The molecule has 2 heterocycles. The van der Waals surface area contributed by atoms with Crippen LogP contribution in [0.1, 0.15) is 11.1 Å². The Morgan fingerprint density at radius 1 is 1.18 bits per heavy atom. The third-order valence-corrected chi connectivity index (χ3v) is 4.27. The topological polar surface area (TPSA) is 50.3 Å². The third-order valence-electron chi connectivity index (χ3n) is 3.11. The number of pyridine rings is 1. The SMILES string of the molecule is O=C1S/C(=C\c2cccnc2)C(=O)N1Cc1ccc(Cl)cc1. The molecular weight excluding hydrogens is 320 g/mol. The van der Waals surface area contributed by atoms with Gasteiger partial charge in [-0.25, -0.2) is 0 Å². The van der Waals surface area contributed by atoms with Gasteiger partial charge in [0.15, 0.2) is 0 Å². The van der Waals surface area contributed by atoms with E-state index in [1.54, 1.807) is 48.8 Å². The average molecular weight is 331 g/mol. The molecule has 0 atom stereocenters. The van der Waals surface area contributed by atoms with E-state index in [0.29, 0.717) is 9.93 Å². The van der Waals surface area contributed by atoms with Crippen LogP contribution >= 0.6 is 23.4 Å². The number of halogens is 1. The van der Waals surface area contributed by atoms with Gasteiger partial charge in [-0.05, 0) is 47.2 Å². The van der Waals surface area contributed by atoms with Crippen LogP contribution in [0.3, 0.4) is 0 Å². The standard InChI is InChI=1S/C16H11ClN2O2S/c17-13-5-3-11(4-6-13)10-19-15(20)14(22-16(19)21)8-12-2-1-7-18-9-12/h1-9H,10H2/b14-8-. The summed E-state index contributed by atoms with van der Waals surface area (Å²) >= 11 is 6.78. The zero-order valence-corrected chi connectivity index (χ0v) is 13.0. The van der Waals surface area contributed by atoms with Gasteiger partial charge in [-0.1, -0.05) is 29.8 Å². The highest BCUT2D eigenvalue weighted by molar-refractivity contribution is 8.18. The molecular formula is C16H11ClN2O2S. The molecule has 0 N–H and O–H groups in total.